The summed E-state index contributed by atoms with van der Waals surface area (Å²) in [5.74, 6) is -2.46. The molecule has 42 heavy (non-hydrogen) atoms. The second-order valence-corrected chi connectivity index (χ2v) is 11.2. The van der Waals surface area contributed by atoms with Crippen LogP contribution in [0.2, 0.25) is 0 Å². The van der Waals surface area contributed by atoms with Gasteiger partial charge in [0.05, 0.1) is 5.56 Å². The zero-order valence-corrected chi connectivity index (χ0v) is 24.4. The van der Waals surface area contributed by atoms with E-state index in [2.05, 4.69) is 15.5 Å². The van der Waals surface area contributed by atoms with Gasteiger partial charge in [-0.3, -0.25) is 9.59 Å². The first-order valence-electron chi connectivity index (χ1n) is 12.8. The highest BCUT2D eigenvalue weighted by Crippen LogP contribution is 2.28. The normalized spacial score (nSPS) is 11.2. The Hall–Kier alpha value is -4.65. The third-order valence-electron chi connectivity index (χ3n) is 5.85. The van der Waals surface area contributed by atoms with Gasteiger partial charge in [0.25, 0.3) is 5.91 Å². The molecule has 0 radical (unpaired) electrons. The zero-order valence-electron chi connectivity index (χ0n) is 23.6. The van der Waals surface area contributed by atoms with Crippen LogP contribution >= 0.6 is 11.3 Å². The van der Waals surface area contributed by atoms with Crippen molar-refractivity contribution in [3.05, 3.63) is 98.4 Å². The second-order valence-electron chi connectivity index (χ2n) is 10.2. The molecule has 0 aliphatic heterocycles. The molecule has 10 nitrogen and oxygen atoms in total. The number of benzene rings is 2. The van der Waals surface area contributed by atoms with Gasteiger partial charge >= 0.3 is 6.09 Å². The lowest BCUT2D eigenvalue weighted by molar-refractivity contribution is 0.0548. The quantitative estimate of drug-likeness (QED) is 0.314. The number of aromatic nitrogens is 3. The van der Waals surface area contributed by atoms with Gasteiger partial charge in [0, 0.05) is 32.8 Å². The minimum Gasteiger partial charge on any atom is -0.482 e. The summed E-state index contributed by atoms with van der Waals surface area (Å²) in [4.78, 5) is 40.0. The molecule has 2 heterocycles. The number of carbonyl (C=O) groups is 2. The van der Waals surface area contributed by atoms with Crippen LogP contribution in [-0.4, -0.2) is 46.6 Å². The summed E-state index contributed by atoms with van der Waals surface area (Å²) >= 11 is 1.00. The van der Waals surface area contributed by atoms with Crippen LogP contribution < -0.4 is 20.5 Å². The molecule has 4 rings (SSSR count). The molecular weight excluding hydrogens is 568 g/mol. The predicted molar refractivity (Wildman–Crippen MR) is 153 cm³/mol. The van der Waals surface area contributed by atoms with Crippen molar-refractivity contribution in [1.82, 2.24) is 20.2 Å². The lowest BCUT2D eigenvalue weighted by atomic mass is 10.1. The van der Waals surface area contributed by atoms with Crippen molar-refractivity contribution in [3.8, 4) is 16.3 Å². The maximum atomic E-state index is 14.3. The van der Waals surface area contributed by atoms with Gasteiger partial charge in [0.15, 0.2) is 16.5 Å². The molecule has 0 atom stereocenters. The lowest BCUT2D eigenvalue weighted by Gasteiger charge is -2.28. The van der Waals surface area contributed by atoms with Crippen LogP contribution in [0.4, 0.5) is 13.6 Å². The summed E-state index contributed by atoms with van der Waals surface area (Å²) in [6.07, 6.45) is 0.472. The Morgan fingerprint density at radius 1 is 1.10 bits per heavy atom. The molecule has 4 aromatic rings. The van der Waals surface area contributed by atoms with E-state index >= 15 is 0 Å². The van der Waals surface area contributed by atoms with Crippen LogP contribution in [0, 0.1) is 11.6 Å². The van der Waals surface area contributed by atoms with E-state index in [0.29, 0.717) is 5.01 Å². The summed E-state index contributed by atoms with van der Waals surface area (Å²) in [5.41, 5.74) is -0.858. The standard InChI is InChI=1S/C29H29F2N5O5S/c1-29(2,3)41-28(39)35(5)36-15-20(27-34-33-22(42-27)13-18-11-12-19(30)14-21(18)31)24(37)25(23(36)26(38)32-4)40-16-17-9-7-6-8-10-17/h6-12,14-15H,13,16H2,1-5H3,(H,32,38). The predicted octanol–water partition coefficient (Wildman–Crippen LogP) is 4.68. The molecule has 2 aromatic carbocycles. The SMILES string of the molecule is CNC(=O)c1c(OCc2ccccc2)c(=O)c(-c2nnc(Cc3ccc(F)cc3F)s2)cn1N(C)C(=O)OC(C)(C)C. The Labute approximate surface area is 244 Å². The summed E-state index contributed by atoms with van der Waals surface area (Å²) in [5, 5.41) is 12.2. The number of ether oxygens (including phenoxy) is 2. The van der Waals surface area contributed by atoms with E-state index in [0.717, 1.165) is 38.7 Å². The van der Waals surface area contributed by atoms with Crippen LogP contribution in [0.3, 0.4) is 0 Å². The number of rotatable bonds is 8. The summed E-state index contributed by atoms with van der Waals surface area (Å²) < 4.78 is 40.2. The molecule has 0 spiro atoms. The molecule has 220 valence electrons. The van der Waals surface area contributed by atoms with Crippen molar-refractivity contribution in [2.24, 2.45) is 0 Å². The Balaban J connectivity index is 1.84. The Kier molecular flexibility index (Phi) is 9.00. The van der Waals surface area contributed by atoms with Crippen LogP contribution in [-0.2, 0) is 17.8 Å². The van der Waals surface area contributed by atoms with Crippen LogP contribution in [0.25, 0.3) is 10.6 Å². The van der Waals surface area contributed by atoms with Crippen LogP contribution in [0.5, 0.6) is 5.75 Å². The first kappa shape index (κ1) is 30.3. The number of amides is 2. The van der Waals surface area contributed by atoms with Gasteiger partial charge in [0.2, 0.25) is 5.43 Å². The van der Waals surface area contributed by atoms with Gasteiger partial charge in [-0.05, 0) is 38.0 Å². The van der Waals surface area contributed by atoms with Crippen molar-refractivity contribution in [3.63, 3.8) is 0 Å². The van der Waals surface area contributed by atoms with Crippen molar-refractivity contribution in [2.45, 2.75) is 39.4 Å². The number of halogens is 2. The third kappa shape index (κ3) is 6.97. The Bertz CT molecular complexity index is 1670. The van der Waals surface area contributed by atoms with Crippen LogP contribution in [0.15, 0.2) is 59.5 Å². The molecule has 0 aliphatic carbocycles. The number of hydrogen-bond acceptors (Lipinski definition) is 8. The van der Waals surface area contributed by atoms with Crippen molar-refractivity contribution < 1.29 is 27.8 Å². The maximum Gasteiger partial charge on any atom is 0.429 e. The summed E-state index contributed by atoms with van der Waals surface area (Å²) in [6.45, 7) is 5.02. The minimum atomic E-state index is -0.850. The van der Waals surface area contributed by atoms with E-state index in [9.17, 15) is 23.2 Å². The van der Waals surface area contributed by atoms with Gasteiger partial charge in [-0.25, -0.2) is 23.3 Å². The van der Waals surface area contributed by atoms with Gasteiger partial charge < -0.3 is 14.8 Å². The summed E-state index contributed by atoms with van der Waals surface area (Å²) in [6, 6.07) is 12.2. The Morgan fingerprint density at radius 2 is 1.81 bits per heavy atom. The number of carbonyl (C=O) groups excluding carboxylic acids is 2. The third-order valence-corrected chi connectivity index (χ3v) is 6.81. The van der Waals surface area contributed by atoms with E-state index in [1.54, 1.807) is 45.0 Å². The highest BCUT2D eigenvalue weighted by atomic mass is 32.1. The highest BCUT2D eigenvalue weighted by molar-refractivity contribution is 7.14. The van der Waals surface area contributed by atoms with Gasteiger partial charge in [-0.1, -0.05) is 47.7 Å². The van der Waals surface area contributed by atoms with E-state index in [-0.39, 0.29) is 40.6 Å². The summed E-state index contributed by atoms with van der Waals surface area (Å²) in [7, 11) is 2.75. The van der Waals surface area contributed by atoms with Crippen LogP contribution in [0.1, 0.15) is 47.4 Å². The average molecular weight is 598 g/mol. The fourth-order valence-corrected chi connectivity index (χ4v) is 4.70. The molecular formula is C29H29F2N5O5S. The molecule has 0 fully saturated rings. The topological polar surface area (TPSA) is 116 Å². The molecule has 0 saturated heterocycles. The largest absolute Gasteiger partial charge is 0.482 e. The molecule has 2 amide bonds. The zero-order chi connectivity index (χ0) is 30.6. The fourth-order valence-electron chi connectivity index (χ4n) is 3.84. The molecule has 1 N–H and O–H groups in total. The number of nitrogens with zero attached hydrogens (tertiary/aromatic N) is 4. The number of pyridine rings is 1. The molecule has 2 aromatic heterocycles. The van der Waals surface area contributed by atoms with Crippen molar-refractivity contribution in [2.75, 3.05) is 19.1 Å². The molecule has 0 unspecified atom stereocenters. The van der Waals surface area contributed by atoms with E-state index in [1.807, 2.05) is 6.07 Å². The van der Waals surface area contributed by atoms with Crippen molar-refractivity contribution in [1.29, 1.82) is 0 Å². The molecule has 0 aliphatic rings. The monoisotopic (exact) mass is 597 g/mol. The molecule has 13 heteroatoms. The lowest BCUT2D eigenvalue weighted by Crippen LogP contribution is -2.44. The van der Waals surface area contributed by atoms with E-state index < -0.39 is 34.7 Å². The number of nitrogens with one attached hydrogen (secondary N) is 1. The highest BCUT2D eigenvalue weighted by Gasteiger charge is 2.30. The fraction of sp³-hybridized carbons (Fsp3) is 0.276. The van der Waals surface area contributed by atoms with Crippen molar-refractivity contribution >= 4 is 23.3 Å². The van der Waals surface area contributed by atoms with Gasteiger partial charge in [-0.2, -0.15) is 0 Å². The van der Waals surface area contributed by atoms with Gasteiger partial charge in [0.1, 0.15) is 28.8 Å². The van der Waals surface area contributed by atoms with Gasteiger partial charge in [-0.15, -0.1) is 10.2 Å². The Morgan fingerprint density at radius 3 is 2.45 bits per heavy atom. The molecule has 0 saturated carbocycles. The molecule has 0 bridgehead atoms. The second kappa shape index (κ2) is 12.5. The minimum absolute atomic E-state index is 0.00344. The maximum absolute atomic E-state index is 14.3. The smallest absolute Gasteiger partial charge is 0.429 e. The first-order chi connectivity index (χ1) is 19.9. The number of hydrogen-bond donors (Lipinski definition) is 1. The average Bonchev–Trinajstić information content (AvgIpc) is 3.40. The van der Waals surface area contributed by atoms with E-state index in [4.69, 9.17) is 9.47 Å². The first-order valence-corrected chi connectivity index (χ1v) is 13.6. The van der Waals surface area contributed by atoms with E-state index in [1.165, 1.54) is 26.4 Å².